The Morgan fingerprint density at radius 2 is 1.94 bits per heavy atom. The third-order valence-electron chi connectivity index (χ3n) is 2.06. The molecule has 2 N–H and O–H groups in total. The summed E-state index contributed by atoms with van der Waals surface area (Å²) in [6.07, 6.45) is -0.758. The number of aliphatic hydroxyl groups excluding tert-OH is 1. The average Bonchev–Trinajstić information content (AvgIpc) is 2.32. The van der Waals surface area contributed by atoms with Crippen LogP contribution in [-0.4, -0.2) is 30.3 Å². The lowest BCUT2D eigenvalue weighted by molar-refractivity contribution is -0.127. The number of carbonyl (C=O) groups is 1. The Morgan fingerprint density at radius 1 is 1.33 bits per heavy atom. The molecule has 1 unspecified atom stereocenters. The van der Waals surface area contributed by atoms with Gasteiger partial charge in [0.25, 0.3) is 5.91 Å². The molecular formula is C11H12Cl3NO3. The summed E-state index contributed by atoms with van der Waals surface area (Å²) in [5.74, 6) is -0.0797. The molecule has 0 spiro atoms. The van der Waals surface area contributed by atoms with E-state index in [1.165, 1.54) is 12.1 Å². The minimum atomic E-state index is -0.758. The van der Waals surface area contributed by atoms with Crippen molar-refractivity contribution in [2.24, 2.45) is 0 Å². The first-order chi connectivity index (χ1) is 8.45. The highest BCUT2D eigenvalue weighted by atomic mass is 35.5. The molecule has 0 saturated carbocycles. The van der Waals surface area contributed by atoms with Gasteiger partial charge in [0.1, 0.15) is 5.75 Å². The van der Waals surface area contributed by atoms with Gasteiger partial charge in [-0.15, -0.1) is 0 Å². The predicted octanol–water partition coefficient (Wildman–Crippen LogP) is 2.52. The summed E-state index contributed by atoms with van der Waals surface area (Å²) in [4.78, 5) is 11.5. The van der Waals surface area contributed by atoms with E-state index in [9.17, 15) is 4.79 Å². The molecule has 0 aliphatic heterocycles. The molecule has 0 aliphatic carbocycles. The van der Waals surface area contributed by atoms with E-state index in [1.807, 2.05) is 0 Å². The van der Waals surface area contributed by atoms with Gasteiger partial charge in [0.2, 0.25) is 0 Å². The molecule has 1 aromatic carbocycles. The van der Waals surface area contributed by atoms with E-state index in [1.54, 1.807) is 6.92 Å². The molecule has 1 aromatic rings. The summed E-state index contributed by atoms with van der Waals surface area (Å²) in [5.41, 5.74) is 0. The summed E-state index contributed by atoms with van der Waals surface area (Å²) >= 11 is 17.5. The number of carbonyl (C=O) groups excluding carboxylic acids is 1. The number of amides is 1. The largest absolute Gasteiger partial charge is 0.479 e. The average molecular weight is 313 g/mol. The molecule has 100 valence electrons. The number of hydrogen-bond acceptors (Lipinski definition) is 3. The van der Waals surface area contributed by atoms with Crippen LogP contribution in [0.3, 0.4) is 0 Å². The van der Waals surface area contributed by atoms with Gasteiger partial charge in [0, 0.05) is 12.6 Å². The lowest BCUT2D eigenvalue weighted by Crippen LogP contribution is -2.37. The molecule has 0 aromatic heterocycles. The number of rotatable bonds is 5. The van der Waals surface area contributed by atoms with Gasteiger partial charge in [-0.05, 0) is 13.0 Å². The Hall–Kier alpha value is -0.680. The maximum Gasteiger partial charge on any atom is 0.260 e. The van der Waals surface area contributed by atoms with E-state index in [4.69, 9.17) is 44.6 Å². The molecule has 0 radical (unpaired) electrons. The number of aliphatic hydroxyl groups is 1. The van der Waals surface area contributed by atoms with E-state index in [-0.39, 0.29) is 29.8 Å². The number of benzene rings is 1. The van der Waals surface area contributed by atoms with Crippen LogP contribution in [0.15, 0.2) is 12.1 Å². The van der Waals surface area contributed by atoms with Crippen molar-refractivity contribution in [1.29, 1.82) is 0 Å². The first-order valence-electron chi connectivity index (χ1n) is 5.15. The van der Waals surface area contributed by atoms with Crippen LogP contribution in [0.25, 0.3) is 0 Å². The summed E-state index contributed by atoms with van der Waals surface area (Å²) in [6, 6.07) is 2.89. The van der Waals surface area contributed by atoms with Crippen LogP contribution in [-0.2, 0) is 4.79 Å². The smallest absolute Gasteiger partial charge is 0.260 e. The number of nitrogens with one attached hydrogen (secondary N) is 1. The quantitative estimate of drug-likeness (QED) is 0.821. The molecule has 1 atom stereocenters. The van der Waals surface area contributed by atoms with Crippen molar-refractivity contribution in [3.05, 3.63) is 27.2 Å². The summed E-state index contributed by atoms with van der Waals surface area (Å²) in [7, 11) is 0. The van der Waals surface area contributed by atoms with E-state index < -0.39 is 6.10 Å². The van der Waals surface area contributed by atoms with E-state index in [0.29, 0.717) is 10.0 Å². The number of halogens is 3. The number of hydrogen-bond donors (Lipinski definition) is 2. The van der Waals surface area contributed by atoms with E-state index in [0.717, 1.165) is 0 Å². The maximum absolute atomic E-state index is 11.5. The van der Waals surface area contributed by atoms with E-state index in [2.05, 4.69) is 5.32 Å². The van der Waals surface area contributed by atoms with Gasteiger partial charge in [0.15, 0.2) is 6.10 Å². The Labute approximate surface area is 120 Å². The molecule has 0 bridgehead atoms. The molecule has 0 saturated heterocycles. The zero-order valence-corrected chi connectivity index (χ0v) is 11.8. The third-order valence-corrected chi connectivity index (χ3v) is 3.08. The fourth-order valence-corrected chi connectivity index (χ4v) is 1.74. The number of ether oxygens (including phenoxy) is 1. The highest BCUT2D eigenvalue weighted by Gasteiger charge is 2.16. The molecule has 0 fully saturated rings. The molecule has 1 amide bonds. The minimum Gasteiger partial charge on any atom is -0.479 e. The van der Waals surface area contributed by atoms with Crippen LogP contribution in [0, 0.1) is 0 Å². The normalized spacial score (nSPS) is 12.1. The van der Waals surface area contributed by atoms with Crippen LogP contribution in [0.2, 0.25) is 15.1 Å². The maximum atomic E-state index is 11.5. The Bertz CT molecular complexity index is 440. The molecule has 0 aliphatic rings. The van der Waals surface area contributed by atoms with Crippen molar-refractivity contribution in [3.8, 4) is 5.75 Å². The fraction of sp³-hybridized carbons (Fsp3) is 0.364. The van der Waals surface area contributed by atoms with Crippen molar-refractivity contribution in [3.63, 3.8) is 0 Å². The molecule has 18 heavy (non-hydrogen) atoms. The SMILES string of the molecule is CC(Oc1cc(Cl)c(Cl)cc1Cl)C(=O)NCCO. The van der Waals surface area contributed by atoms with Gasteiger partial charge in [0.05, 0.1) is 21.7 Å². The summed E-state index contributed by atoms with van der Waals surface area (Å²) in [6.45, 7) is 1.60. The fourth-order valence-electron chi connectivity index (χ4n) is 1.16. The lowest BCUT2D eigenvalue weighted by atomic mass is 10.3. The Morgan fingerprint density at radius 3 is 2.56 bits per heavy atom. The first kappa shape index (κ1) is 15.4. The van der Waals surface area contributed by atoms with Gasteiger partial charge >= 0.3 is 0 Å². The topological polar surface area (TPSA) is 58.6 Å². The van der Waals surface area contributed by atoms with Crippen molar-refractivity contribution in [2.75, 3.05) is 13.2 Å². The predicted molar refractivity (Wildman–Crippen MR) is 71.7 cm³/mol. The summed E-state index contributed by atoms with van der Waals surface area (Å²) < 4.78 is 5.37. The van der Waals surface area contributed by atoms with Crippen molar-refractivity contribution >= 4 is 40.7 Å². The first-order valence-corrected chi connectivity index (χ1v) is 6.29. The summed E-state index contributed by atoms with van der Waals surface area (Å²) in [5, 5.41) is 11.9. The molecule has 7 heteroatoms. The molecular weight excluding hydrogens is 300 g/mol. The molecule has 1 rings (SSSR count). The lowest BCUT2D eigenvalue weighted by Gasteiger charge is -2.15. The zero-order valence-electron chi connectivity index (χ0n) is 9.54. The molecule has 4 nitrogen and oxygen atoms in total. The van der Waals surface area contributed by atoms with Crippen LogP contribution in [0.1, 0.15) is 6.92 Å². The van der Waals surface area contributed by atoms with Crippen molar-refractivity contribution < 1.29 is 14.6 Å². The zero-order chi connectivity index (χ0) is 13.7. The van der Waals surface area contributed by atoms with Gasteiger partial charge in [-0.25, -0.2) is 0 Å². The van der Waals surface area contributed by atoms with Crippen molar-refractivity contribution in [2.45, 2.75) is 13.0 Å². The highest BCUT2D eigenvalue weighted by Crippen LogP contribution is 2.34. The second-order valence-electron chi connectivity index (χ2n) is 3.47. The van der Waals surface area contributed by atoms with Crippen molar-refractivity contribution in [1.82, 2.24) is 5.32 Å². The second kappa shape index (κ2) is 7.04. The highest BCUT2D eigenvalue weighted by molar-refractivity contribution is 6.43. The van der Waals surface area contributed by atoms with Crippen LogP contribution >= 0.6 is 34.8 Å². The van der Waals surface area contributed by atoms with Gasteiger partial charge < -0.3 is 15.2 Å². The minimum absolute atomic E-state index is 0.133. The van der Waals surface area contributed by atoms with Crippen LogP contribution in [0.4, 0.5) is 0 Å². The standard InChI is InChI=1S/C11H12Cl3NO3/c1-6(11(17)15-2-3-16)18-10-5-8(13)7(12)4-9(10)14/h4-6,16H,2-3H2,1H3,(H,15,17). The third kappa shape index (κ3) is 4.21. The molecule has 0 heterocycles. The Kier molecular flexibility index (Phi) is 6.02. The van der Waals surface area contributed by atoms with Crippen LogP contribution < -0.4 is 10.1 Å². The Balaban J connectivity index is 2.72. The second-order valence-corrected chi connectivity index (χ2v) is 4.69. The van der Waals surface area contributed by atoms with E-state index >= 15 is 0 Å². The van der Waals surface area contributed by atoms with Gasteiger partial charge in [-0.1, -0.05) is 34.8 Å². The van der Waals surface area contributed by atoms with Crippen LogP contribution in [0.5, 0.6) is 5.75 Å². The van der Waals surface area contributed by atoms with Gasteiger partial charge in [-0.3, -0.25) is 4.79 Å². The van der Waals surface area contributed by atoms with Gasteiger partial charge in [-0.2, -0.15) is 0 Å². The monoisotopic (exact) mass is 311 g/mol.